The number of aromatic nitrogens is 1. The van der Waals surface area contributed by atoms with Crippen molar-refractivity contribution in [1.82, 2.24) is 13.8 Å². The lowest BCUT2D eigenvalue weighted by Gasteiger charge is -2.32. The molecule has 0 aliphatic carbocycles. The van der Waals surface area contributed by atoms with Gasteiger partial charge in [0.25, 0.3) is 0 Å². The number of amides is 1. The first-order valence-corrected chi connectivity index (χ1v) is 14.7. The molecule has 0 N–H and O–H groups in total. The Kier molecular flexibility index (Phi) is 9.13. The average Bonchev–Trinajstić information content (AvgIpc) is 3.22. The molecule has 2 heterocycles. The molecule has 1 aliphatic rings. The summed E-state index contributed by atoms with van der Waals surface area (Å²) in [4.78, 5) is 27.6. The van der Waals surface area contributed by atoms with Crippen LogP contribution in [0.15, 0.2) is 54.6 Å². The van der Waals surface area contributed by atoms with E-state index in [0.717, 1.165) is 39.9 Å². The van der Waals surface area contributed by atoms with Crippen LogP contribution in [0.25, 0.3) is 10.9 Å². The number of carbonyl (C=O) groups is 2. The van der Waals surface area contributed by atoms with Crippen LogP contribution < -0.4 is 4.74 Å². The number of para-hydroxylation sites is 1. The third-order valence-corrected chi connectivity index (χ3v) is 8.17. The van der Waals surface area contributed by atoms with Gasteiger partial charge in [-0.25, -0.2) is 22.3 Å². The van der Waals surface area contributed by atoms with Crippen LogP contribution in [0.5, 0.6) is 5.88 Å². The molecule has 210 valence electrons. The van der Waals surface area contributed by atoms with Crippen LogP contribution in [0.1, 0.15) is 28.8 Å². The van der Waals surface area contributed by atoms with E-state index in [4.69, 9.17) is 14.2 Å². The number of aryl methyl sites for hydroxylation is 1. The molecule has 39 heavy (non-hydrogen) atoms. The van der Waals surface area contributed by atoms with E-state index in [-0.39, 0.29) is 19.1 Å². The molecule has 1 fully saturated rings. The highest BCUT2D eigenvalue weighted by atomic mass is 32.2. The van der Waals surface area contributed by atoms with Crippen LogP contribution in [-0.2, 0) is 33.2 Å². The molecular formula is C28H35N3O7S. The average molecular weight is 558 g/mol. The van der Waals surface area contributed by atoms with Gasteiger partial charge < -0.3 is 23.7 Å². The number of carbonyl (C=O) groups excluding carboxylic acids is 2. The second-order valence-corrected chi connectivity index (χ2v) is 11.6. The van der Waals surface area contributed by atoms with Crippen molar-refractivity contribution in [3.05, 3.63) is 65.7 Å². The molecule has 1 aliphatic heterocycles. The normalized spacial score (nSPS) is 14.7. The summed E-state index contributed by atoms with van der Waals surface area (Å²) in [7, 11) is -0.397. The van der Waals surface area contributed by atoms with E-state index in [1.54, 1.807) is 12.1 Å². The molecule has 0 unspecified atom stereocenters. The quantitative estimate of drug-likeness (QED) is 0.348. The van der Waals surface area contributed by atoms with Gasteiger partial charge >= 0.3 is 12.1 Å². The number of nitrogens with zero attached hydrogens (tertiary/aromatic N) is 3. The number of hydrogen-bond acceptors (Lipinski definition) is 8. The van der Waals surface area contributed by atoms with Crippen molar-refractivity contribution in [3.63, 3.8) is 0 Å². The van der Waals surface area contributed by atoms with Crippen molar-refractivity contribution >= 4 is 33.0 Å². The van der Waals surface area contributed by atoms with Gasteiger partial charge in [-0.3, -0.25) is 0 Å². The van der Waals surface area contributed by atoms with Gasteiger partial charge in [-0.15, -0.1) is 0 Å². The summed E-state index contributed by atoms with van der Waals surface area (Å²) in [6.07, 6.45) is 1.70. The van der Waals surface area contributed by atoms with Crippen molar-refractivity contribution in [1.29, 1.82) is 0 Å². The molecule has 0 bridgehead atoms. The zero-order valence-corrected chi connectivity index (χ0v) is 23.4. The molecule has 10 nitrogen and oxygen atoms in total. The standard InChI is InChI=1S/C28H35N3O7S/c1-29-24-12-8-7-11-23(24)25(26(29)36-2)27(32)37-19-22-13-15-30(16-14-22)17-18-31(39(3,34)35)28(33)38-20-21-9-5-4-6-10-21/h4-12,22H,13-20H2,1-3H3. The van der Waals surface area contributed by atoms with Gasteiger partial charge in [-0.05, 0) is 43.5 Å². The van der Waals surface area contributed by atoms with E-state index >= 15 is 0 Å². The predicted octanol–water partition coefficient (Wildman–Crippen LogP) is 3.65. The number of sulfonamides is 1. The number of methoxy groups -OCH3 is 1. The highest BCUT2D eigenvalue weighted by Crippen LogP contribution is 2.32. The molecule has 2 aromatic carbocycles. The van der Waals surface area contributed by atoms with E-state index < -0.39 is 22.1 Å². The minimum absolute atomic E-state index is 0.000454. The van der Waals surface area contributed by atoms with Gasteiger partial charge in [0.2, 0.25) is 15.9 Å². The molecule has 3 aromatic rings. The number of piperidine rings is 1. The van der Waals surface area contributed by atoms with Crippen molar-refractivity contribution in [3.8, 4) is 5.88 Å². The number of hydrogen-bond donors (Lipinski definition) is 0. The third-order valence-electron chi connectivity index (χ3n) is 7.04. The summed E-state index contributed by atoms with van der Waals surface area (Å²) in [5.41, 5.74) is 2.09. The zero-order chi connectivity index (χ0) is 28.0. The second kappa shape index (κ2) is 12.5. The van der Waals surface area contributed by atoms with Crippen LogP contribution >= 0.6 is 0 Å². The van der Waals surface area contributed by atoms with Gasteiger partial charge in [0.1, 0.15) is 12.2 Å². The van der Waals surface area contributed by atoms with E-state index in [0.29, 0.717) is 37.7 Å². The SMILES string of the molecule is COc1c(C(=O)OCC2CCN(CCN(C(=O)OCc3ccccc3)S(C)(=O)=O)CC2)c2ccccc2n1C. The van der Waals surface area contributed by atoms with Crippen LogP contribution in [0.2, 0.25) is 0 Å². The molecule has 0 saturated carbocycles. The lowest BCUT2D eigenvalue weighted by atomic mass is 9.98. The Hall–Kier alpha value is -3.57. The zero-order valence-electron chi connectivity index (χ0n) is 22.5. The Morgan fingerprint density at radius 2 is 1.67 bits per heavy atom. The van der Waals surface area contributed by atoms with Crippen LogP contribution in [0.3, 0.4) is 0 Å². The van der Waals surface area contributed by atoms with Crippen LogP contribution in [-0.4, -0.2) is 80.4 Å². The van der Waals surface area contributed by atoms with Gasteiger partial charge in [0.05, 0.1) is 32.0 Å². The number of ether oxygens (including phenoxy) is 3. The Labute approximate surface area is 229 Å². The van der Waals surface area contributed by atoms with Gasteiger partial charge in [-0.1, -0.05) is 48.5 Å². The first kappa shape index (κ1) is 28.4. The minimum atomic E-state index is -3.78. The van der Waals surface area contributed by atoms with E-state index in [9.17, 15) is 18.0 Å². The maximum absolute atomic E-state index is 13.0. The van der Waals surface area contributed by atoms with Crippen molar-refractivity contribution in [2.45, 2.75) is 19.4 Å². The number of rotatable bonds is 10. The largest absolute Gasteiger partial charge is 0.482 e. The highest BCUT2D eigenvalue weighted by Gasteiger charge is 2.28. The maximum Gasteiger partial charge on any atom is 0.423 e. The van der Waals surface area contributed by atoms with Crippen molar-refractivity contribution < 1.29 is 32.2 Å². The fourth-order valence-electron chi connectivity index (χ4n) is 4.86. The smallest absolute Gasteiger partial charge is 0.423 e. The summed E-state index contributed by atoms with van der Waals surface area (Å²) in [6, 6.07) is 16.7. The van der Waals surface area contributed by atoms with Crippen molar-refractivity contribution in [2.24, 2.45) is 13.0 Å². The summed E-state index contributed by atoms with van der Waals surface area (Å²) >= 11 is 0. The molecule has 0 spiro atoms. The predicted molar refractivity (Wildman–Crippen MR) is 147 cm³/mol. The van der Waals surface area contributed by atoms with E-state index in [1.807, 2.05) is 54.1 Å². The van der Waals surface area contributed by atoms with E-state index in [2.05, 4.69) is 4.90 Å². The fraction of sp³-hybridized carbons (Fsp3) is 0.429. The number of esters is 1. The first-order valence-electron chi connectivity index (χ1n) is 12.9. The molecule has 0 atom stereocenters. The van der Waals surface area contributed by atoms with E-state index in [1.165, 1.54) is 7.11 Å². The summed E-state index contributed by atoms with van der Waals surface area (Å²) < 4.78 is 43.6. The number of benzene rings is 2. The Morgan fingerprint density at radius 1 is 1.00 bits per heavy atom. The molecule has 0 radical (unpaired) electrons. The molecule has 4 rings (SSSR count). The summed E-state index contributed by atoms with van der Waals surface area (Å²) in [5, 5.41) is 0.786. The lowest BCUT2D eigenvalue weighted by Crippen LogP contribution is -2.44. The highest BCUT2D eigenvalue weighted by molar-refractivity contribution is 7.88. The monoisotopic (exact) mass is 557 g/mol. The second-order valence-electron chi connectivity index (χ2n) is 9.72. The van der Waals surface area contributed by atoms with Gasteiger partial charge in [0.15, 0.2) is 0 Å². The molecule has 1 amide bonds. The third kappa shape index (κ3) is 6.90. The number of fused-ring (bicyclic) bond motifs is 1. The molecule has 11 heteroatoms. The Bertz CT molecular complexity index is 1400. The topological polar surface area (TPSA) is 107 Å². The lowest BCUT2D eigenvalue weighted by molar-refractivity contribution is 0.0369. The van der Waals surface area contributed by atoms with Crippen molar-refractivity contribution in [2.75, 3.05) is 46.2 Å². The Balaban J connectivity index is 1.26. The molecular weight excluding hydrogens is 522 g/mol. The van der Waals surface area contributed by atoms with Gasteiger partial charge in [-0.2, -0.15) is 0 Å². The summed E-state index contributed by atoms with van der Waals surface area (Å²) in [6.45, 7) is 2.11. The summed E-state index contributed by atoms with van der Waals surface area (Å²) in [5.74, 6) is 0.241. The maximum atomic E-state index is 13.0. The molecule has 1 saturated heterocycles. The van der Waals surface area contributed by atoms with Crippen LogP contribution in [0, 0.1) is 5.92 Å². The van der Waals surface area contributed by atoms with Gasteiger partial charge in [0, 0.05) is 19.0 Å². The Morgan fingerprint density at radius 3 is 2.33 bits per heavy atom. The van der Waals surface area contributed by atoms with Crippen LogP contribution in [0.4, 0.5) is 4.79 Å². The minimum Gasteiger partial charge on any atom is -0.482 e. The first-order chi connectivity index (χ1) is 18.7. The number of likely N-dealkylation sites (tertiary alicyclic amines) is 1. The molecule has 1 aromatic heterocycles. The fourth-order valence-corrected chi connectivity index (χ4v) is 5.60.